The zero-order valence-corrected chi connectivity index (χ0v) is 26.4. The number of hydrogen-bond donors (Lipinski definition) is 8. The summed E-state index contributed by atoms with van der Waals surface area (Å²) in [7, 11) is 1.76. The lowest BCUT2D eigenvalue weighted by Crippen LogP contribution is -2.68. The normalized spacial score (nSPS) is 37.7. The predicted molar refractivity (Wildman–Crippen MR) is 167 cm³/mol. The highest BCUT2D eigenvalue weighted by Crippen LogP contribution is 2.40. The number of fused-ring (bicyclic) bond motifs is 2. The van der Waals surface area contributed by atoms with Crippen LogP contribution in [0.1, 0.15) is 58.9 Å². The maximum atomic E-state index is 11.0. The number of nitrogens with one attached hydrogen (secondary N) is 5. The van der Waals surface area contributed by atoms with Gasteiger partial charge in [0.15, 0.2) is 0 Å². The monoisotopic (exact) mass is 602 g/mol. The first-order chi connectivity index (χ1) is 20.6. The number of benzene rings is 1. The highest BCUT2D eigenvalue weighted by molar-refractivity contribution is 5.75. The Kier molecular flexibility index (Phi) is 9.25. The standard InChI is InChI=1S/C31H54N8O4/c1-17(2)38(13-23-26(40)27(41)30(43-23)39-16-35-25-28(32)33-15-34-29(25)39)20-10-18(11-20)6-9-24-36-21-8-7-19(12-22(21)37-24)31(3,4)14-42-5/h7-8,12,17-18,20,23-30,33-37,40-41H,6,9-11,13-16,32H2,1-5H3/t18?,20?,23-,24?,25?,26-,27-,28?,29?,30-/m1/s1. The Bertz CT molecular complexity index is 1100. The van der Waals surface area contributed by atoms with Crippen LogP contribution in [-0.2, 0) is 14.9 Å². The van der Waals surface area contributed by atoms with Crippen molar-refractivity contribution >= 4 is 11.4 Å². The molecule has 12 nitrogen and oxygen atoms in total. The van der Waals surface area contributed by atoms with Gasteiger partial charge in [-0.25, -0.2) is 4.90 Å². The second kappa shape index (κ2) is 12.7. The lowest BCUT2D eigenvalue weighted by atomic mass is 9.76. The van der Waals surface area contributed by atoms with Crippen LogP contribution in [0, 0.1) is 5.92 Å². The molecule has 0 aromatic heterocycles. The highest BCUT2D eigenvalue weighted by atomic mass is 16.6. The Morgan fingerprint density at radius 2 is 1.86 bits per heavy atom. The third kappa shape index (κ3) is 6.29. The molecule has 1 saturated carbocycles. The van der Waals surface area contributed by atoms with E-state index < -0.39 is 24.5 Å². The van der Waals surface area contributed by atoms with Crippen molar-refractivity contribution in [1.82, 2.24) is 25.8 Å². The van der Waals surface area contributed by atoms with Gasteiger partial charge in [-0.1, -0.05) is 19.9 Å². The van der Waals surface area contributed by atoms with E-state index in [4.69, 9.17) is 15.2 Å². The van der Waals surface area contributed by atoms with Gasteiger partial charge >= 0.3 is 0 Å². The molecular formula is C31H54N8O4. The van der Waals surface area contributed by atoms with Crippen LogP contribution < -0.4 is 32.3 Å². The SMILES string of the molecule is COCC(C)(C)c1ccc2c(c1)NC(CCC1CC(N(C[C@H]3O[C@@H](N4CNC5C(N)NCNC54)[C@H](O)[C@@H]3O)C(C)C)C1)N2. The van der Waals surface area contributed by atoms with Crippen molar-refractivity contribution in [3.8, 4) is 0 Å². The van der Waals surface area contributed by atoms with Gasteiger partial charge in [0, 0.05) is 37.8 Å². The van der Waals surface area contributed by atoms with E-state index in [2.05, 4.69) is 82.3 Å². The van der Waals surface area contributed by atoms with Crippen LogP contribution >= 0.6 is 0 Å². The Morgan fingerprint density at radius 3 is 2.60 bits per heavy atom. The van der Waals surface area contributed by atoms with Crippen LogP contribution in [0.25, 0.3) is 0 Å². The third-order valence-electron chi connectivity index (χ3n) is 10.5. The van der Waals surface area contributed by atoms with Gasteiger partial charge in [-0.05, 0) is 63.1 Å². The van der Waals surface area contributed by atoms with Crippen molar-refractivity contribution < 1.29 is 19.7 Å². The summed E-state index contributed by atoms with van der Waals surface area (Å²) >= 11 is 0. The number of aliphatic hydroxyl groups is 2. The molecule has 242 valence electrons. The first kappa shape index (κ1) is 31.4. The first-order valence-electron chi connectivity index (χ1n) is 16.2. The van der Waals surface area contributed by atoms with Gasteiger partial charge in [0.2, 0.25) is 0 Å². The number of hydrogen-bond acceptors (Lipinski definition) is 12. The molecule has 6 rings (SSSR count). The molecule has 0 bridgehead atoms. The van der Waals surface area contributed by atoms with Gasteiger partial charge in [-0.15, -0.1) is 0 Å². The van der Waals surface area contributed by atoms with E-state index in [1.54, 1.807) is 7.11 Å². The van der Waals surface area contributed by atoms with Crippen LogP contribution in [0.5, 0.6) is 0 Å². The van der Waals surface area contributed by atoms with Gasteiger partial charge < -0.3 is 36.1 Å². The molecule has 12 heteroatoms. The first-order valence-corrected chi connectivity index (χ1v) is 16.2. The second-order valence-corrected chi connectivity index (χ2v) is 14.3. The van der Waals surface area contributed by atoms with Gasteiger partial charge in [-0.2, -0.15) is 0 Å². The molecule has 0 radical (unpaired) electrons. The lowest BCUT2D eigenvalue weighted by Gasteiger charge is -2.46. The fourth-order valence-corrected chi connectivity index (χ4v) is 7.81. The zero-order chi connectivity index (χ0) is 30.5. The van der Waals surface area contributed by atoms with E-state index >= 15 is 0 Å². The number of ether oxygens (including phenoxy) is 2. The van der Waals surface area contributed by atoms with Gasteiger partial charge in [-0.3, -0.25) is 20.9 Å². The number of rotatable bonds is 11. The number of nitrogens with zero attached hydrogens (tertiary/aromatic N) is 2. The van der Waals surface area contributed by atoms with Crippen molar-refractivity contribution in [3.05, 3.63) is 23.8 Å². The molecule has 43 heavy (non-hydrogen) atoms. The summed E-state index contributed by atoms with van der Waals surface area (Å²) in [5.41, 5.74) is 9.84. The molecule has 1 aromatic carbocycles. The molecule has 0 amide bonds. The van der Waals surface area contributed by atoms with E-state index in [0.717, 1.165) is 19.3 Å². The second-order valence-electron chi connectivity index (χ2n) is 14.3. The number of anilines is 2. The summed E-state index contributed by atoms with van der Waals surface area (Å²) in [6, 6.07) is 7.45. The molecule has 9 N–H and O–H groups in total. The quantitative estimate of drug-likeness (QED) is 0.178. The molecule has 4 unspecified atom stereocenters. The van der Waals surface area contributed by atoms with Crippen molar-refractivity contribution in [2.24, 2.45) is 11.7 Å². The Morgan fingerprint density at radius 1 is 1.09 bits per heavy atom. The number of methoxy groups -OCH3 is 1. The Balaban J connectivity index is 0.978. The van der Waals surface area contributed by atoms with E-state index in [1.807, 2.05) is 0 Å². The summed E-state index contributed by atoms with van der Waals surface area (Å²) in [6.45, 7) is 11.3. The number of nitrogens with two attached hydrogens (primary N) is 1. The average Bonchev–Trinajstić information content (AvgIpc) is 3.63. The van der Waals surface area contributed by atoms with E-state index in [1.165, 1.54) is 23.4 Å². The molecule has 3 saturated heterocycles. The molecule has 4 fully saturated rings. The molecule has 4 aliphatic heterocycles. The van der Waals surface area contributed by atoms with Crippen molar-refractivity contribution in [2.45, 2.75) is 120 Å². The largest absolute Gasteiger partial charge is 0.387 e. The summed E-state index contributed by atoms with van der Waals surface area (Å²) < 4.78 is 11.8. The fourth-order valence-electron chi connectivity index (χ4n) is 7.81. The van der Waals surface area contributed by atoms with Crippen LogP contribution in [0.2, 0.25) is 0 Å². The van der Waals surface area contributed by atoms with Crippen LogP contribution in [-0.4, -0.2) is 115 Å². The molecule has 1 aliphatic carbocycles. The minimum Gasteiger partial charge on any atom is -0.387 e. The molecule has 1 aromatic rings. The van der Waals surface area contributed by atoms with Gasteiger partial charge in [0.05, 0.1) is 49.2 Å². The molecule has 4 heterocycles. The van der Waals surface area contributed by atoms with E-state index in [0.29, 0.717) is 44.5 Å². The highest BCUT2D eigenvalue weighted by Gasteiger charge is 2.52. The zero-order valence-electron chi connectivity index (χ0n) is 26.4. The number of aliphatic hydroxyl groups excluding tert-OH is 2. The Labute approximate surface area is 256 Å². The van der Waals surface area contributed by atoms with E-state index in [-0.39, 0.29) is 30.0 Å². The van der Waals surface area contributed by atoms with Gasteiger partial charge in [0.25, 0.3) is 0 Å². The minimum absolute atomic E-state index is 0.00845. The van der Waals surface area contributed by atoms with Crippen molar-refractivity contribution in [2.75, 3.05) is 44.2 Å². The average molecular weight is 603 g/mol. The maximum absolute atomic E-state index is 11.0. The van der Waals surface area contributed by atoms with Crippen molar-refractivity contribution in [1.29, 1.82) is 0 Å². The predicted octanol–water partition coefficient (Wildman–Crippen LogP) is 0.483. The van der Waals surface area contributed by atoms with E-state index in [9.17, 15) is 10.2 Å². The minimum atomic E-state index is -0.973. The van der Waals surface area contributed by atoms with Gasteiger partial charge in [0.1, 0.15) is 24.5 Å². The summed E-state index contributed by atoms with van der Waals surface area (Å²) in [5, 5.41) is 39.4. The molecule has 5 aliphatic rings. The van der Waals surface area contributed by atoms with Crippen LogP contribution in [0.15, 0.2) is 18.2 Å². The summed E-state index contributed by atoms with van der Waals surface area (Å²) in [4.78, 5) is 4.53. The Hall–Kier alpha value is -1.58. The summed E-state index contributed by atoms with van der Waals surface area (Å²) in [5.74, 6) is 0.685. The van der Waals surface area contributed by atoms with Crippen LogP contribution in [0.4, 0.5) is 11.4 Å². The molecule has 8 atom stereocenters. The van der Waals surface area contributed by atoms with Crippen molar-refractivity contribution in [3.63, 3.8) is 0 Å². The smallest absolute Gasteiger partial charge is 0.142 e. The maximum Gasteiger partial charge on any atom is 0.142 e. The topological polar surface area (TPSA) is 152 Å². The third-order valence-corrected chi connectivity index (χ3v) is 10.5. The fraction of sp³-hybridized carbons (Fsp3) is 0.806. The summed E-state index contributed by atoms with van der Waals surface area (Å²) in [6.07, 6.45) is 1.62. The van der Waals surface area contributed by atoms with Crippen LogP contribution in [0.3, 0.4) is 0 Å². The lowest BCUT2D eigenvalue weighted by molar-refractivity contribution is -0.112. The molecule has 0 spiro atoms. The molecular weight excluding hydrogens is 548 g/mol.